The number of thioether (sulfide) groups is 1. The number of rotatable bonds is 4. The number of ether oxygens (including phenoxy) is 1. The first-order valence-corrected chi connectivity index (χ1v) is 5.56. The maximum absolute atomic E-state index is 11.3. The van der Waals surface area contributed by atoms with E-state index in [0.29, 0.717) is 5.03 Å². The van der Waals surface area contributed by atoms with Crippen LogP contribution in [0.3, 0.4) is 0 Å². The predicted octanol–water partition coefficient (Wildman–Crippen LogP) is 0.0509. The maximum Gasteiger partial charge on any atom is 0.333 e. The van der Waals surface area contributed by atoms with E-state index >= 15 is 0 Å². The summed E-state index contributed by atoms with van der Waals surface area (Å²) in [4.78, 5) is 34.0. The van der Waals surface area contributed by atoms with Crippen LogP contribution in [0.1, 0.15) is 6.92 Å². The average Bonchev–Trinajstić information content (AvgIpc) is 2.49. The number of hydrogen-bond donors (Lipinski definition) is 1. The van der Waals surface area contributed by atoms with E-state index in [9.17, 15) is 14.4 Å². The molecular weight excluding hydrogens is 234 g/mol. The van der Waals surface area contributed by atoms with Gasteiger partial charge in [-0.05, 0) is 6.92 Å². The highest BCUT2D eigenvalue weighted by molar-refractivity contribution is 8.04. The molecule has 1 N–H and O–H groups in total. The van der Waals surface area contributed by atoms with Crippen molar-refractivity contribution in [1.29, 1.82) is 0 Å². The number of hydrogen-bond acceptors (Lipinski definition) is 5. The zero-order chi connectivity index (χ0) is 12.1. The van der Waals surface area contributed by atoms with E-state index in [1.165, 1.54) is 0 Å². The highest BCUT2D eigenvalue weighted by Gasteiger charge is 2.28. The Hall–Kier alpha value is -1.50. The summed E-state index contributed by atoms with van der Waals surface area (Å²) < 4.78 is 4.68. The second-order valence-electron chi connectivity index (χ2n) is 2.90. The molecule has 0 radical (unpaired) electrons. The van der Waals surface area contributed by atoms with Crippen LogP contribution in [0.5, 0.6) is 0 Å². The highest BCUT2D eigenvalue weighted by Crippen LogP contribution is 2.28. The summed E-state index contributed by atoms with van der Waals surface area (Å²) in [6.07, 6.45) is 1.14. The van der Waals surface area contributed by atoms with Crippen LogP contribution in [0, 0.1) is 0 Å². The molecule has 0 aromatic rings. The van der Waals surface area contributed by atoms with Gasteiger partial charge in [0.15, 0.2) is 0 Å². The Kier molecular flexibility index (Phi) is 4.36. The third-order valence-electron chi connectivity index (χ3n) is 1.73. The number of carboxylic acids is 1. The van der Waals surface area contributed by atoms with Gasteiger partial charge in [0.25, 0.3) is 0 Å². The van der Waals surface area contributed by atoms with Crippen molar-refractivity contribution in [2.75, 3.05) is 18.9 Å². The third kappa shape index (κ3) is 3.27. The molecular formula is C9H11NO5S. The largest absolute Gasteiger partial charge is 0.480 e. The molecule has 1 aliphatic heterocycles. The van der Waals surface area contributed by atoms with E-state index in [1.807, 2.05) is 0 Å². The summed E-state index contributed by atoms with van der Waals surface area (Å²) in [5, 5.41) is 8.93. The second kappa shape index (κ2) is 5.55. The van der Waals surface area contributed by atoms with Crippen LogP contribution in [0.25, 0.3) is 0 Å². The van der Waals surface area contributed by atoms with Crippen molar-refractivity contribution >= 4 is 29.6 Å². The molecule has 1 rings (SSSR count). The van der Waals surface area contributed by atoms with Gasteiger partial charge in [-0.2, -0.15) is 0 Å². The van der Waals surface area contributed by atoms with E-state index in [-0.39, 0.29) is 18.3 Å². The molecule has 16 heavy (non-hydrogen) atoms. The predicted molar refractivity (Wildman–Crippen MR) is 56.5 cm³/mol. The number of aliphatic carboxylic acids is 1. The zero-order valence-corrected chi connectivity index (χ0v) is 9.45. The molecule has 1 saturated heterocycles. The fourth-order valence-electron chi connectivity index (χ4n) is 1.12. The maximum atomic E-state index is 11.3. The third-order valence-corrected chi connectivity index (χ3v) is 2.76. The standard InChI is InChI=1S/C9H11NO5S/c1-2-15-9(14)3-7-10(4-8(12)13)6(11)5-16-7/h3H,2,4-5H2,1H3,(H,12,13)/b7-3+. The van der Waals surface area contributed by atoms with Crippen molar-refractivity contribution in [3.8, 4) is 0 Å². The SMILES string of the molecule is CCOC(=O)/C=C1/SCC(=O)N1CC(=O)O. The minimum absolute atomic E-state index is 0.151. The zero-order valence-electron chi connectivity index (χ0n) is 8.63. The molecule has 6 nitrogen and oxygen atoms in total. The van der Waals surface area contributed by atoms with Gasteiger partial charge in [-0.1, -0.05) is 11.8 Å². The number of carboxylic acid groups (broad SMARTS) is 1. The molecule has 0 spiro atoms. The summed E-state index contributed by atoms with van der Waals surface area (Å²) in [5.41, 5.74) is 0. The monoisotopic (exact) mass is 245 g/mol. The number of nitrogens with zero attached hydrogens (tertiary/aromatic N) is 1. The molecule has 0 saturated carbocycles. The Bertz CT molecular complexity index is 352. The fraction of sp³-hybridized carbons (Fsp3) is 0.444. The van der Waals surface area contributed by atoms with E-state index in [0.717, 1.165) is 22.7 Å². The summed E-state index contributed by atoms with van der Waals surface area (Å²) in [6.45, 7) is 1.47. The van der Waals surface area contributed by atoms with E-state index < -0.39 is 18.5 Å². The van der Waals surface area contributed by atoms with Crippen molar-refractivity contribution in [2.45, 2.75) is 6.92 Å². The molecule has 1 aliphatic rings. The van der Waals surface area contributed by atoms with Gasteiger partial charge in [0, 0.05) is 0 Å². The van der Waals surface area contributed by atoms with Crippen LogP contribution in [-0.4, -0.2) is 46.8 Å². The number of carbonyl (C=O) groups excluding carboxylic acids is 2. The van der Waals surface area contributed by atoms with Crippen molar-refractivity contribution in [2.24, 2.45) is 0 Å². The summed E-state index contributed by atoms with van der Waals surface area (Å²) in [6, 6.07) is 0. The smallest absolute Gasteiger partial charge is 0.333 e. The Labute approximate surface area is 96.2 Å². The molecule has 1 fully saturated rings. The van der Waals surface area contributed by atoms with Gasteiger partial charge in [0.1, 0.15) is 6.54 Å². The van der Waals surface area contributed by atoms with Gasteiger partial charge in [0.05, 0.1) is 23.5 Å². The van der Waals surface area contributed by atoms with Gasteiger partial charge < -0.3 is 9.84 Å². The summed E-state index contributed by atoms with van der Waals surface area (Å²) in [5.74, 6) is -1.86. The first-order chi connectivity index (χ1) is 7.54. The normalized spacial score (nSPS) is 17.9. The second-order valence-corrected chi connectivity index (χ2v) is 3.89. The molecule has 0 aliphatic carbocycles. The summed E-state index contributed by atoms with van der Waals surface area (Å²) in [7, 11) is 0. The Morgan fingerprint density at radius 2 is 2.31 bits per heavy atom. The van der Waals surface area contributed by atoms with Crippen molar-refractivity contribution < 1.29 is 24.2 Å². The molecule has 88 valence electrons. The van der Waals surface area contributed by atoms with Crippen LogP contribution < -0.4 is 0 Å². The van der Waals surface area contributed by atoms with Gasteiger partial charge in [-0.15, -0.1) is 0 Å². The molecule has 0 unspecified atom stereocenters. The van der Waals surface area contributed by atoms with E-state index in [1.54, 1.807) is 6.92 Å². The number of carbonyl (C=O) groups is 3. The number of esters is 1. The number of amides is 1. The van der Waals surface area contributed by atoms with Crippen molar-refractivity contribution in [1.82, 2.24) is 4.90 Å². The van der Waals surface area contributed by atoms with Gasteiger partial charge >= 0.3 is 11.9 Å². The minimum atomic E-state index is -1.12. The molecule has 0 aromatic heterocycles. The van der Waals surface area contributed by atoms with E-state index in [4.69, 9.17) is 5.11 Å². The lowest BCUT2D eigenvalue weighted by atomic mass is 10.4. The van der Waals surface area contributed by atoms with Crippen molar-refractivity contribution in [3.63, 3.8) is 0 Å². The quantitative estimate of drug-likeness (QED) is 0.556. The van der Waals surface area contributed by atoms with Crippen LogP contribution >= 0.6 is 11.8 Å². The Morgan fingerprint density at radius 3 is 2.88 bits per heavy atom. The Morgan fingerprint density at radius 1 is 1.62 bits per heavy atom. The first kappa shape index (κ1) is 12.6. The van der Waals surface area contributed by atoms with E-state index in [2.05, 4.69) is 4.74 Å². The van der Waals surface area contributed by atoms with Crippen LogP contribution in [0.2, 0.25) is 0 Å². The van der Waals surface area contributed by atoms with Crippen LogP contribution in [0.4, 0.5) is 0 Å². The average molecular weight is 245 g/mol. The molecule has 0 bridgehead atoms. The lowest BCUT2D eigenvalue weighted by Crippen LogP contribution is -2.30. The lowest BCUT2D eigenvalue weighted by molar-refractivity contribution is -0.142. The molecule has 7 heteroatoms. The van der Waals surface area contributed by atoms with Crippen LogP contribution in [-0.2, 0) is 19.1 Å². The topological polar surface area (TPSA) is 83.9 Å². The lowest BCUT2D eigenvalue weighted by Gasteiger charge is -2.13. The first-order valence-electron chi connectivity index (χ1n) is 4.58. The minimum Gasteiger partial charge on any atom is -0.480 e. The fourth-order valence-corrected chi connectivity index (χ4v) is 2.05. The molecule has 1 heterocycles. The van der Waals surface area contributed by atoms with Crippen LogP contribution in [0.15, 0.2) is 11.1 Å². The van der Waals surface area contributed by atoms with Gasteiger partial charge in [-0.3, -0.25) is 14.5 Å². The molecule has 0 aromatic carbocycles. The molecule has 1 amide bonds. The van der Waals surface area contributed by atoms with Crippen molar-refractivity contribution in [3.05, 3.63) is 11.1 Å². The highest BCUT2D eigenvalue weighted by atomic mass is 32.2. The Balaban J connectivity index is 2.74. The molecule has 0 atom stereocenters. The van der Waals surface area contributed by atoms with Gasteiger partial charge in [0.2, 0.25) is 5.91 Å². The van der Waals surface area contributed by atoms with Gasteiger partial charge in [-0.25, -0.2) is 4.79 Å². The summed E-state index contributed by atoms with van der Waals surface area (Å²) >= 11 is 1.13.